The molecule has 5 nitrogen and oxygen atoms in total. The smallest absolute Gasteiger partial charge is 0.228 e. The molecule has 1 saturated heterocycles. The molecular weight excluding hydrogens is 352 g/mol. The number of carbonyl (C=O) groups excluding carboxylic acids is 2. The van der Waals surface area contributed by atoms with Crippen LogP contribution in [0.5, 0.6) is 5.75 Å². The van der Waals surface area contributed by atoms with E-state index in [9.17, 15) is 9.59 Å². The molecule has 0 saturated carbocycles. The average molecular weight is 374 g/mol. The Morgan fingerprint density at radius 1 is 1.11 bits per heavy atom. The lowest BCUT2D eigenvalue weighted by Gasteiger charge is -2.19. The van der Waals surface area contributed by atoms with Crippen molar-refractivity contribution in [3.63, 3.8) is 0 Å². The molecule has 2 amide bonds. The number of nitrogens with zero attached hydrogens (tertiary/aromatic N) is 1. The molecule has 0 unspecified atom stereocenters. The topological polar surface area (TPSA) is 58.6 Å². The van der Waals surface area contributed by atoms with E-state index in [0.29, 0.717) is 24.4 Å². The van der Waals surface area contributed by atoms with Crippen molar-refractivity contribution in [1.82, 2.24) is 0 Å². The van der Waals surface area contributed by atoms with Gasteiger partial charge in [0.05, 0.1) is 19.2 Å². The Kier molecular flexibility index (Phi) is 4.98. The van der Waals surface area contributed by atoms with Crippen LogP contribution < -0.4 is 15.0 Å². The molecule has 0 aliphatic carbocycles. The van der Waals surface area contributed by atoms with Crippen molar-refractivity contribution in [3.8, 4) is 5.75 Å². The van der Waals surface area contributed by atoms with Gasteiger partial charge in [-0.25, -0.2) is 0 Å². The van der Waals surface area contributed by atoms with Crippen LogP contribution in [0.15, 0.2) is 60.7 Å². The zero-order valence-corrected chi connectivity index (χ0v) is 15.8. The summed E-state index contributed by atoms with van der Waals surface area (Å²) in [5, 5.41) is 5.14. The average Bonchev–Trinajstić information content (AvgIpc) is 3.14. The summed E-state index contributed by atoms with van der Waals surface area (Å²) in [5.41, 5.74) is 2.39. The van der Waals surface area contributed by atoms with E-state index in [1.165, 1.54) is 0 Å². The number of ether oxygens (including phenoxy) is 1. The summed E-state index contributed by atoms with van der Waals surface area (Å²) in [6.07, 6.45) is 1.70. The molecule has 0 spiro atoms. The zero-order valence-electron chi connectivity index (χ0n) is 15.8. The highest BCUT2D eigenvalue weighted by atomic mass is 16.5. The number of benzene rings is 3. The first-order valence-corrected chi connectivity index (χ1v) is 9.40. The molecular formula is C23H22N2O3. The van der Waals surface area contributed by atoms with Gasteiger partial charge in [-0.1, -0.05) is 42.5 Å². The van der Waals surface area contributed by atoms with Crippen molar-refractivity contribution < 1.29 is 14.3 Å². The molecule has 5 heteroatoms. The van der Waals surface area contributed by atoms with E-state index in [0.717, 1.165) is 28.4 Å². The maximum Gasteiger partial charge on any atom is 0.228 e. The first-order chi connectivity index (χ1) is 13.7. The Morgan fingerprint density at radius 3 is 2.71 bits per heavy atom. The van der Waals surface area contributed by atoms with E-state index in [1.54, 1.807) is 18.1 Å². The molecule has 1 fully saturated rings. The number of amides is 2. The molecule has 1 heterocycles. The van der Waals surface area contributed by atoms with E-state index in [1.807, 2.05) is 54.6 Å². The summed E-state index contributed by atoms with van der Waals surface area (Å²) in [7, 11) is 1.57. The lowest BCUT2D eigenvalue weighted by molar-refractivity contribution is -0.117. The standard InChI is InChI=1S/C23H22N2O3/c1-28-21-15-18(11-12-20(21)25-13-5-10-23(25)27)24-22(26)14-17-8-4-7-16-6-2-3-9-19(16)17/h2-4,6-9,11-12,15H,5,10,13-14H2,1H3,(H,24,26). The Bertz CT molecular complexity index is 1040. The second-order valence-electron chi connectivity index (χ2n) is 6.90. The number of hydrogen-bond donors (Lipinski definition) is 1. The molecule has 0 bridgehead atoms. The van der Waals surface area contributed by atoms with Crippen LogP contribution >= 0.6 is 0 Å². The van der Waals surface area contributed by atoms with Crippen molar-refractivity contribution >= 4 is 34.0 Å². The third-order valence-electron chi connectivity index (χ3n) is 5.06. The number of anilines is 2. The number of methoxy groups -OCH3 is 1. The maximum absolute atomic E-state index is 12.6. The van der Waals surface area contributed by atoms with Crippen molar-refractivity contribution in [2.45, 2.75) is 19.3 Å². The van der Waals surface area contributed by atoms with Crippen LogP contribution in [0.4, 0.5) is 11.4 Å². The fourth-order valence-corrected chi connectivity index (χ4v) is 3.71. The Morgan fingerprint density at radius 2 is 1.93 bits per heavy atom. The summed E-state index contributed by atoms with van der Waals surface area (Å²) >= 11 is 0. The van der Waals surface area contributed by atoms with Crippen LogP contribution in [0, 0.1) is 0 Å². The highest BCUT2D eigenvalue weighted by Crippen LogP contribution is 2.34. The minimum atomic E-state index is -0.0941. The van der Waals surface area contributed by atoms with Crippen LogP contribution in [0.1, 0.15) is 18.4 Å². The van der Waals surface area contributed by atoms with Crippen LogP contribution in [-0.4, -0.2) is 25.5 Å². The third kappa shape index (κ3) is 3.56. The predicted octanol–water partition coefficient (Wildman–Crippen LogP) is 4.16. The molecule has 3 aromatic rings. The number of hydrogen-bond acceptors (Lipinski definition) is 3. The van der Waals surface area contributed by atoms with Crippen LogP contribution in [0.2, 0.25) is 0 Å². The molecule has 0 atom stereocenters. The summed E-state index contributed by atoms with van der Waals surface area (Å²) in [5.74, 6) is 0.590. The van der Waals surface area contributed by atoms with E-state index < -0.39 is 0 Å². The largest absolute Gasteiger partial charge is 0.494 e. The molecule has 28 heavy (non-hydrogen) atoms. The van der Waals surface area contributed by atoms with Gasteiger partial charge >= 0.3 is 0 Å². The Hall–Kier alpha value is -3.34. The quantitative estimate of drug-likeness (QED) is 0.730. The fourth-order valence-electron chi connectivity index (χ4n) is 3.71. The van der Waals surface area contributed by atoms with E-state index in [-0.39, 0.29) is 18.2 Å². The SMILES string of the molecule is COc1cc(NC(=O)Cc2cccc3ccccc23)ccc1N1CCCC1=O. The summed E-state index contributed by atoms with van der Waals surface area (Å²) < 4.78 is 5.46. The first-order valence-electron chi connectivity index (χ1n) is 9.40. The van der Waals surface area contributed by atoms with Crippen LogP contribution in [-0.2, 0) is 16.0 Å². The molecule has 142 valence electrons. The number of carbonyl (C=O) groups is 2. The highest BCUT2D eigenvalue weighted by Gasteiger charge is 2.24. The van der Waals surface area contributed by atoms with Gasteiger partial charge in [-0.2, -0.15) is 0 Å². The van der Waals surface area contributed by atoms with Gasteiger partial charge in [-0.05, 0) is 34.9 Å². The van der Waals surface area contributed by atoms with Crippen molar-refractivity contribution in [2.24, 2.45) is 0 Å². The van der Waals surface area contributed by atoms with Crippen molar-refractivity contribution in [3.05, 3.63) is 66.2 Å². The summed E-state index contributed by atoms with van der Waals surface area (Å²) in [4.78, 5) is 26.4. The summed E-state index contributed by atoms with van der Waals surface area (Å²) in [6.45, 7) is 0.696. The van der Waals surface area contributed by atoms with E-state index in [4.69, 9.17) is 4.74 Å². The van der Waals surface area contributed by atoms with Crippen molar-refractivity contribution in [1.29, 1.82) is 0 Å². The molecule has 0 radical (unpaired) electrons. The normalized spacial score (nSPS) is 13.8. The van der Waals surface area contributed by atoms with Gasteiger partial charge in [0, 0.05) is 24.7 Å². The van der Waals surface area contributed by atoms with Gasteiger partial charge in [-0.15, -0.1) is 0 Å². The minimum Gasteiger partial charge on any atom is -0.494 e. The fraction of sp³-hybridized carbons (Fsp3) is 0.217. The molecule has 1 aliphatic heterocycles. The maximum atomic E-state index is 12.6. The van der Waals surface area contributed by atoms with Crippen molar-refractivity contribution in [2.75, 3.05) is 23.9 Å². The molecule has 4 rings (SSSR count). The zero-order chi connectivity index (χ0) is 19.5. The monoisotopic (exact) mass is 374 g/mol. The number of rotatable bonds is 5. The number of nitrogens with one attached hydrogen (secondary N) is 1. The van der Waals surface area contributed by atoms with Crippen LogP contribution in [0.3, 0.4) is 0 Å². The van der Waals surface area contributed by atoms with Gasteiger partial charge in [-0.3, -0.25) is 9.59 Å². The Labute approximate surface area is 163 Å². The molecule has 1 aliphatic rings. The van der Waals surface area contributed by atoms with Gasteiger partial charge in [0.25, 0.3) is 0 Å². The Balaban J connectivity index is 1.52. The van der Waals surface area contributed by atoms with Gasteiger partial charge < -0.3 is 15.0 Å². The minimum absolute atomic E-state index is 0.0941. The van der Waals surface area contributed by atoms with E-state index in [2.05, 4.69) is 5.32 Å². The van der Waals surface area contributed by atoms with Gasteiger partial charge in [0.15, 0.2) is 0 Å². The second-order valence-corrected chi connectivity index (χ2v) is 6.90. The summed E-state index contributed by atoms with van der Waals surface area (Å²) in [6, 6.07) is 19.4. The van der Waals surface area contributed by atoms with Crippen LogP contribution in [0.25, 0.3) is 10.8 Å². The highest BCUT2D eigenvalue weighted by molar-refractivity contribution is 5.99. The van der Waals surface area contributed by atoms with Gasteiger partial charge in [0.2, 0.25) is 11.8 Å². The lowest BCUT2D eigenvalue weighted by Crippen LogP contribution is -2.24. The van der Waals surface area contributed by atoms with E-state index >= 15 is 0 Å². The lowest BCUT2D eigenvalue weighted by atomic mass is 10.0. The number of fused-ring (bicyclic) bond motifs is 1. The first kappa shape index (κ1) is 18.0. The third-order valence-corrected chi connectivity index (χ3v) is 5.06. The molecule has 0 aromatic heterocycles. The second kappa shape index (κ2) is 7.72. The molecule has 3 aromatic carbocycles. The predicted molar refractivity (Wildman–Crippen MR) is 111 cm³/mol. The van der Waals surface area contributed by atoms with Gasteiger partial charge in [0.1, 0.15) is 5.75 Å². The molecule has 1 N–H and O–H groups in total.